The first-order valence-electron chi connectivity index (χ1n) is 7.77. The molecular formula is C20H15N3O3. The van der Waals surface area contributed by atoms with Crippen LogP contribution in [0.3, 0.4) is 0 Å². The van der Waals surface area contributed by atoms with Gasteiger partial charge in [0.2, 0.25) is 0 Å². The molecule has 3 aromatic rings. The Morgan fingerprint density at radius 2 is 1.88 bits per heavy atom. The molecule has 0 atom stereocenters. The molecule has 2 aromatic carbocycles. The molecule has 0 unspecified atom stereocenters. The van der Waals surface area contributed by atoms with E-state index in [0.717, 1.165) is 11.3 Å². The highest BCUT2D eigenvalue weighted by molar-refractivity contribution is 5.97. The standard InChI is InChI=1S/C20H15N3O3/c1-26-18-9-7-14(8-10-18)19-16(11-15(12-21)20(24)25)13-23(22-19)17-5-3-2-4-6-17/h2-11,13H,1H3,(H,24,25)/b15-11+. The number of methoxy groups -OCH3 is 1. The van der Waals surface area contributed by atoms with Crippen LogP contribution in [-0.2, 0) is 4.79 Å². The van der Waals surface area contributed by atoms with Gasteiger partial charge < -0.3 is 9.84 Å². The molecule has 0 fully saturated rings. The van der Waals surface area contributed by atoms with Gasteiger partial charge in [0.05, 0.1) is 18.5 Å². The largest absolute Gasteiger partial charge is 0.497 e. The van der Waals surface area contributed by atoms with Crippen LogP contribution in [0.1, 0.15) is 5.56 Å². The van der Waals surface area contributed by atoms with Crippen molar-refractivity contribution in [3.63, 3.8) is 0 Å². The smallest absolute Gasteiger partial charge is 0.346 e. The number of aromatic nitrogens is 2. The number of rotatable bonds is 5. The number of nitriles is 1. The quantitative estimate of drug-likeness (QED) is 0.564. The van der Waals surface area contributed by atoms with E-state index in [0.29, 0.717) is 17.0 Å². The number of carbonyl (C=O) groups is 1. The monoisotopic (exact) mass is 345 g/mol. The van der Waals surface area contributed by atoms with Gasteiger partial charge in [-0.25, -0.2) is 9.48 Å². The van der Waals surface area contributed by atoms with Gasteiger partial charge in [-0.3, -0.25) is 0 Å². The molecule has 1 aromatic heterocycles. The molecule has 6 nitrogen and oxygen atoms in total. The fourth-order valence-electron chi connectivity index (χ4n) is 2.48. The third kappa shape index (κ3) is 3.47. The van der Waals surface area contributed by atoms with E-state index >= 15 is 0 Å². The van der Waals surface area contributed by atoms with Crippen molar-refractivity contribution in [1.29, 1.82) is 5.26 Å². The van der Waals surface area contributed by atoms with Gasteiger partial charge in [0, 0.05) is 17.3 Å². The average molecular weight is 345 g/mol. The topological polar surface area (TPSA) is 88.1 Å². The second kappa shape index (κ2) is 7.36. The van der Waals surface area contributed by atoms with Crippen LogP contribution in [0.5, 0.6) is 5.75 Å². The summed E-state index contributed by atoms with van der Waals surface area (Å²) in [4.78, 5) is 11.2. The third-order valence-electron chi connectivity index (χ3n) is 3.78. The van der Waals surface area contributed by atoms with Crippen LogP contribution in [0, 0.1) is 11.3 Å². The normalized spacial score (nSPS) is 11.0. The molecular weight excluding hydrogens is 330 g/mol. The highest BCUT2D eigenvalue weighted by Crippen LogP contribution is 2.27. The van der Waals surface area contributed by atoms with E-state index in [1.54, 1.807) is 36.2 Å². The number of para-hydroxylation sites is 1. The molecule has 0 aliphatic carbocycles. The van der Waals surface area contributed by atoms with Gasteiger partial charge in [-0.1, -0.05) is 18.2 Å². The summed E-state index contributed by atoms with van der Waals surface area (Å²) in [7, 11) is 1.58. The predicted molar refractivity (Wildman–Crippen MR) is 96.8 cm³/mol. The molecule has 0 aliphatic rings. The number of carboxylic acids is 1. The first-order valence-corrected chi connectivity index (χ1v) is 7.77. The molecule has 3 rings (SSSR count). The summed E-state index contributed by atoms with van der Waals surface area (Å²) in [6.07, 6.45) is 3.03. The first kappa shape index (κ1) is 17.0. The minimum Gasteiger partial charge on any atom is -0.497 e. The van der Waals surface area contributed by atoms with Crippen molar-refractivity contribution >= 4 is 12.0 Å². The second-order valence-electron chi connectivity index (χ2n) is 5.42. The van der Waals surface area contributed by atoms with Gasteiger partial charge >= 0.3 is 5.97 Å². The fraction of sp³-hybridized carbons (Fsp3) is 0.0500. The Bertz CT molecular complexity index is 997. The van der Waals surface area contributed by atoms with Crippen LogP contribution < -0.4 is 4.74 Å². The number of hydrogen-bond donors (Lipinski definition) is 1. The molecule has 26 heavy (non-hydrogen) atoms. The number of aliphatic carboxylic acids is 1. The third-order valence-corrected chi connectivity index (χ3v) is 3.78. The molecule has 0 saturated carbocycles. The highest BCUT2D eigenvalue weighted by atomic mass is 16.5. The molecule has 0 radical (unpaired) electrons. The van der Waals surface area contributed by atoms with Crippen LogP contribution in [0.2, 0.25) is 0 Å². The lowest BCUT2D eigenvalue weighted by Gasteiger charge is -2.02. The van der Waals surface area contributed by atoms with E-state index in [2.05, 4.69) is 5.10 Å². The van der Waals surface area contributed by atoms with Gasteiger partial charge in [-0.15, -0.1) is 0 Å². The number of benzene rings is 2. The minimum atomic E-state index is -1.28. The van der Waals surface area contributed by atoms with Gasteiger partial charge in [0.1, 0.15) is 17.4 Å². The second-order valence-corrected chi connectivity index (χ2v) is 5.42. The summed E-state index contributed by atoms with van der Waals surface area (Å²) in [5.41, 5.74) is 2.38. The molecule has 0 bridgehead atoms. The van der Waals surface area contributed by atoms with Crippen molar-refractivity contribution in [2.24, 2.45) is 0 Å². The summed E-state index contributed by atoms with van der Waals surface area (Å²) in [6, 6.07) is 18.4. The van der Waals surface area contributed by atoms with Crippen molar-refractivity contribution < 1.29 is 14.6 Å². The van der Waals surface area contributed by atoms with Crippen molar-refractivity contribution in [3.05, 3.63) is 71.9 Å². The summed E-state index contributed by atoms with van der Waals surface area (Å²) in [5, 5.41) is 22.8. The molecule has 0 aliphatic heterocycles. The lowest BCUT2D eigenvalue weighted by molar-refractivity contribution is -0.132. The Hall–Kier alpha value is -3.85. The van der Waals surface area contributed by atoms with Crippen molar-refractivity contribution in [1.82, 2.24) is 9.78 Å². The van der Waals surface area contributed by atoms with Crippen molar-refractivity contribution in [2.45, 2.75) is 0 Å². The fourth-order valence-corrected chi connectivity index (χ4v) is 2.48. The molecule has 0 spiro atoms. The molecule has 1 heterocycles. The maximum absolute atomic E-state index is 11.2. The van der Waals surface area contributed by atoms with Gasteiger partial charge in [0.15, 0.2) is 0 Å². The number of nitrogens with zero attached hydrogens (tertiary/aromatic N) is 3. The maximum atomic E-state index is 11.2. The average Bonchev–Trinajstić information content (AvgIpc) is 3.10. The molecule has 128 valence electrons. The number of hydrogen-bond acceptors (Lipinski definition) is 4. The van der Waals surface area contributed by atoms with E-state index in [-0.39, 0.29) is 5.57 Å². The van der Waals surface area contributed by atoms with Gasteiger partial charge in [-0.2, -0.15) is 10.4 Å². The Morgan fingerprint density at radius 1 is 1.19 bits per heavy atom. The molecule has 1 N–H and O–H groups in total. The SMILES string of the molecule is COc1ccc(-c2nn(-c3ccccc3)cc2/C=C(\C#N)C(=O)O)cc1. The van der Waals surface area contributed by atoms with E-state index in [9.17, 15) is 4.79 Å². The lowest BCUT2D eigenvalue weighted by Crippen LogP contribution is -1.97. The Balaban J connectivity index is 2.15. The van der Waals surface area contributed by atoms with Gasteiger partial charge in [-0.05, 0) is 42.5 Å². The summed E-state index contributed by atoms with van der Waals surface area (Å²) in [6.45, 7) is 0. The molecule has 6 heteroatoms. The van der Waals surface area contributed by atoms with E-state index in [4.69, 9.17) is 15.1 Å². The summed E-state index contributed by atoms with van der Waals surface area (Å²) < 4.78 is 6.82. The molecule has 0 amide bonds. The lowest BCUT2D eigenvalue weighted by atomic mass is 10.1. The van der Waals surface area contributed by atoms with E-state index in [1.165, 1.54) is 6.08 Å². The number of carboxylic acid groups (broad SMARTS) is 1. The minimum absolute atomic E-state index is 0.354. The Kier molecular flexibility index (Phi) is 4.81. The van der Waals surface area contributed by atoms with Crippen LogP contribution in [0.15, 0.2) is 66.4 Å². The zero-order valence-corrected chi connectivity index (χ0v) is 14.0. The van der Waals surface area contributed by atoms with Crippen molar-refractivity contribution in [3.8, 4) is 28.8 Å². The zero-order valence-electron chi connectivity index (χ0n) is 14.0. The van der Waals surface area contributed by atoms with Crippen molar-refractivity contribution in [2.75, 3.05) is 7.11 Å². The predicted octanol–water partition coefficient (Wildman–Crippen LogP) is 3.54. The van der Waals surface area contributed by atoms with Crippen LogP contribution in [0.25, 0.3) is 23.0 Å². The first-order chi connectivity index (χ1) is 12.6. The van der Waals surface area contributed by atoms with Gasteiger partial charge in [0.25, 0.3) is 0 Å². The van der Waals surface area contributed by atoms with E-state index < -0.39 is 5.97 Å². The number of ether oxygens (including phenoxy) is 1. The van der Waals surface area contributed by atoms with Crippen LogP contribution in [0.4, 0.5) is 0 Å². The Morgan fingerprint density at radius 3 is 2.46 bits per heavy atom. The van der Waals surface area contributed by atoms with Crippen LogP contribution in [-0.4, -0.2) is 28.0 Å². The van der Waals surface area contributed by atoms with Crippen LogP contribution >= 0.6 is 0 Å². The van der Waals surface area contributed by atoms with E-state index in [1.807, 2.05) is 42.5 Å². The maximum Gasteiger partial charge on any atom is 0.346 e. The highest BCUT2D eigenvalue weighted by Gasteiger charge is 2.14. The summed E-state index contributed by atoms with van der Waals surface area (Å²) >= 11 is 0. The zero-order chi connectivity index (χ0) is 18.5. The summed E-state index contributed by atoms with van der Waals surface area (Å²) in [5.74, 6) is -0.572. The molecule has 0 saturated heterocycles. The Labute approximate surface area is 150 Å².